The van der Waals surface area contributed by atoms with Gasteiger partial charge in [-0.1, -0.05) is 28.4 Å². The number of benzene rings is 1. The quantitative estimate of drug-likeness (QED) is 0.646. The van der Waals surface area contributed by atoms with Crippen molar-refractivity contribution in [1.82, 2.24) is 10.1 Å². The van der Waals surface area contributed by atoms with Gasteiger partial charge in [0.15, 0.2) is 22.2 Å². The van der Waals surface area contributed by atoms with E-state index in [-0.39, 0.29) is 0 Å². The fraction of sp³-hybridized carbons (Fsp3) is 0.231. The van der Waals surface area contributed by atoms with E-state index in [4.69, 9.17) is 28.9 Å². The normalized spacial score (nSPS) is 21.1. The van der Waals surface area contributed by atoms with Crippen LogP contribution in [0, 0.1) is 0 Å². The molecule has 0 fully saturated rings. The molecule has 1 aromatic heterocycles. The minimum Gasteiger partial charge on any atom is -0.342 e. The number of aromatic nitrogens is 2. The highest BCUT2D eigenvalue weighted by Gasteiger charge is 2.54. The van der Waals surface area contributed by atoms with Gasteiger partial charge in [-0.25, -0.2) is 4.21 Å². The maximum atomic E-state index is 13.2. The largest absolute Gasteiger partial charge is 0.475 e. The van der Waals surface area contributed by atoms with E-state index >= 15 is 0 Å². The topological polar surface area (TPSA) is 107 Å². The molecule has 2 heterocycles. The van der Waals surface area contributed by atoms with Crippen LogP contribution in [0.5, 0.6) is 0 Å². The molecule has 1 aromatic carbocycles. The number of hydrogen-bond donors (Lipinski definition) is 1. The van der Waals surface area contributed by atoms with Gasteiger partial charge in [-0.15, -0.1) is 5.11 Å². The molecule has 0 saturated carbocycles. The molecule has 0 saturated heterocycles. The van der Waals surface area contributed by atoms with Crippen LogP contribution in [0.3, 0.4) is 0 Å². The van der Waals surface area contributed by atoms with Crippen molar-refractivity contribution in [1.29, 1.82) is 0 Å². The molecular formula is C13H5Cl2F6N5O2S. The summed E-state index contributed by atoms with van der Waals surface area (Å²) in [6.45, 7) is 0. The highest BCUT2D eigenvalue weighted by molar-refractivity contribution is 7.90. The zero-order valence-corrected chi connectivity index (χ0v) is 15.7. The summed E-state index contributed by atoms with van der Waals surface area (Å²) >= 11 is 11.7. The summed E-state index contributed by atoms with van der Waals surface area (Å²) in [4.78, 5) is 2.33. The van der Waals surface area contributed by atoms with E-state index in [0.717, 1.165) is 6.39 Å². The fourth-order valence-corrected chi connectivity index (χ4v) is 4.17. The first-order valence-electron chi connectivity index (χ1n) is 7.05. The standard InChI is InChI=1S/C13H5Cl2F6N5O2S/c14-5-1-4(12(16,17)18)2-6(15)7(5)11(22)9(29(27)13(19,20)21)8(24-26-11)10-23-3-28-25-10/h1-3H,22H2. The molecule has 2 unspecified atom stereocenters. The molecule has 1 aliphatic rings. The number of alkyl halides is 6. The van der Waals surface area contributed by atoms with Crippen molar-refractivity contribution in [2.75, 3.05) is 0 Å². The molecule has 0 bridgehead atoms. The van der Waals surface area contributed by atoms with Crippen molar-refractivity contribution in [3.8, 4) is 0 Å². The average Bonchev–Trinajstić information content (AvgIpc) is 3.19. The Labute approximate surface area is 169 Å². The van der Waals surface area contributed by atoms with Crippen molar-refractivity contribution >= 4 is 39.7 Å². The Morgan fingerprint density at radius 2 is 1.69 bits per heavy atom. The van der Waals surface area contributed by atoms with Crippen LogP contribution >= 0.6 is 23.2 Å². The summed E-state index contributed by atoms with van der Waals surface area (Å²) < 4.78 is 95.2. The molecule has 156 valence electrons. The van der Waals surface area contributed by atoms with E-state index in [1.165, 1.54) is 0 Å². The maximum absolute atomic E-state index is 13.2. The second-order valence-corrected chi connectivity index (χ2v) is 7.65. The van der Waals surface area contributed by atoms with E-state index in [2.05, 4.69) is 24.9 Å². The van der Waals surface area contributed by atoms with E-state index < -0.39 is 65.7 Å². The van der Waals surface area contributed by atoms with Gasteiger partial charge < -0.3 is 4.52 Å². The molecule has 29 heavy (non-hydrogen) atoms. The minimum absolute atomic E-state index is 0.396. The highest BCUT2D eigenvalue weighted by atomic mass is 35.5. The smallest absolute Gasteiger partial charge is 0.342 e. The van der Waals surface area contributed by atoms with Crippen molar-refractivity contribution in [2.24, 2.45) is 16.0 Å². The van der Waals surface area contributed by atoms with Gasteiger partial charge in [-0.3, -0.25) is 5.73 Å². The Bertz CT molecular complexity index is 1030. The highest BCUT2D eigenvalue weighted by Crippen LogP contribution is 2.49. The lowest BCUT2D eigenvalue weighted by Gasteiger charge is -2.26. The summed E-state index contributed by atoms with van der Waals surface area (Å²) in [5.74, 6) is -0.534. The van der Waals surface area contributed by atoms with Gasteiger partial charge in [-0.05, 0) is 12.1 Å². The lowest BCUT2D eigenvalue weighted by Crippen LogP contribution is -2.40. The lowest BCUT2D eigenvalue weighted by molar-refractivity contribution is -0.137. The zero-order chi connectivity index (χ0) is 21.8. The Hall–Kier alpha value is -2.03. The molecule has 7 nitrogen and oxygen atoms in total. The molecule has 0 aliphatic carbocycles. The second kappa shape index (κ2) is 7.04. The summed E-state index contributed by atoms with van der Waals surface area (Å²) in [5, 5.41) is 8.67. The molecule has 2 aromatic rings. The van der Waals surface area contributed by atoms with Gasteiger partial charge in [0.1, 0.15) is 4.91 Å². The molecule has 0 radical (unpaired) electrons. The monoisotopic (exact) mass is 479 g/mol. The summed E-state index contributed by atoms with van der Waals surface area (Å²) in [6.07, 6.45) is -4.10. The second-order valence-electron chi connectivity index (χ2n) is 5.43. The minimum atomic E-state index is -5.34. The van der Waals surface area contributed by atoms with Gasteiger partial charge in [0.2, 0.25) is 12.2 Å². The third-order valence-corrected chi connectivity index (χ3v) is 5.48. The van der Waals surface area contributed by atoms with Gasteiger partial charge in [-0.2, -0.15) is 36.4 Å². The summed E-state index contributed by atoms with van der Waals surface area (Å²) in [5.41, 5.74) is -4.81. The summed E-state index contributed by atoms with van der Waals surface area (Å²) in [6, 6.07) is 0.792. The third-order valence-electron chi connectivity index (χ3n) is 3.59. The molecular weight excluding hydrogens is 475 g/mol. The number of halogens is 8. The van der Waals surface area contributed by atoms with Crippen LogP contribution < -0.4 is 5.73 Å². The van der Waals surface area contributed by atoms with Crippen LogP contribution in [-0.4, -0.2) is 19.9 Å². The van der Waals surface area contributed by atoms with Crippen molar-refractivity contribution < 1.29 is 35.1 Å². The van der Waals surface area contributed by atoms with E-state index in [1.807, 2.05) is 0 Å². The van der Waals surface area contributed by atoms with Gasteiger partial charge in [0.05, 0.1) is 15.6 Å². The van der Waals surface area contributed by atoms with Crippen molar-refractivity contribution in [2.45, 2.75) is 17.3 Å². The maximum Gasteiger partial charge on any atom is 0.475 e. The Morgan fingerprint density at radius 1 is 1.10 bits per heavy atom. The SMILES string of the molecule is NC1(c2c(Cl)cc(C(F)(F)F)cc2Cl)N=NC(c2ncon2)=C1S(=O)C(F)(F)F. The number of hydrogen-bond acceptors (Lipinski definition) is 7. The van der Waals surface area contributed by atoms with E-state index in [0.29, 0.717) is 12.1 Å². The average molecular weight is 480 g/mol. The Balaban J connectivity index is 2.29. The predicted molar refractivity (Wildman–Crippen MR) is 87.6 cm³/mol. The van der Waals surface area contributed by atoms with Crippen molar-refractivity contribution in [3.63, 3.8) is 0 Å². The zero-order valence-electron chi connectivity index (χ0n) is 13.3. The Morgan fingerprint density at radius 3 is 2.14 bits per heavy atom. The summed E-state index contributed by atoms with van der Waals surface area (Å²) in [7, 11) is -3.83. The van der Waals surface area contributed by atoms with Crippen LogP contribution in [0.25, 0.3) is 5.70 Å². The first-order valence-corrected chi connectivity index (χ1v) is 8.96. The molecule has 0 spiro atoms. The first-order chi connectivity index (χ1) is 13.3. The van der Waals surface area contributed by atoms with Gasteiger partial charge in [0, 0.05) is 5.56 Å². The van der Waals surface area contributed by atoms with Crippen LogP contribution in [0.4, 0.5) is 26.3 Å². The number of nitrogens with zero attached hydrogens (tertiary/aromatic N) is 4. The Kier molecular flexibility index (Phi) is 5.26. The van der Waals surface area contributed by atoms with Gasteiger partial charge >= 0.3 is 11.7 Å². The van der Waals surface area contributed by atoms with Crippen LogP contribution in [0.15, 0.2) is 38.2 Å². The molecule has 2 N–H and O–H groups in total. The first kappa shape index (κ1) is 21.7. The molecule has 1 aliphatic heterocycles. The number of nitrogens with two attached hydrogens (primary N) is 1. The number of azo groups is 1. The van der Waals surface area contributed by atoms with E-state index in [1.54, 1.807) is 0 Å². The lowest BCUT2D eigenvalue weighted by atomic mass is 9.98. The number of rotatable bonds is 3. The van der Waals surface area contributed by atoms with E-state index in [9.17, 15) is 30.6 Å². The van der Waals surface area contributed by atoms with Crippen LogP contribution in [-0.2, 0) is 22.6 Å². The van der Waals surface area contributed by atoms with Crippen LogP contribution in [0.2, 0.25) is 10.0 Å². The van der Waals surface area contributed by atoms with Crippen LogP contribution in [0.1, 0.15) is 17.0 Å². The fourth-order valence-electron chi connectivity index (χ4n) is 2.43. The predicted octanol–water partition coefficient (Wildman–Crippen LogP) is 4.61. The third kappa shape index (κ3) is 3.76. The molecule has 3 rings (SSSR count). The molecule has 16 heteroatoms. The molecule has 0 amide bonds. The van der Waals surface area contributed by atoms with Gasteiger partial charge in [0.25, 0.3) is 0 Å². The van der Waals surface area contributed by atoms with Crippen molar-refractivity contribution in [3.05, 3.63) is 50.4 Å². The molecule has 2 atom stereocenters.